The van der Waals surface area contributed by atoms with Gasteiger partial charge in [0.15, 0.2) is 0 Å². The molecule has 1 amide bonds. The second-order valence-electron chi connectivity index (χ2n) is 4.92. The minimum Gasteiger partial charge on any atom is -0.355 e. The van der Waals surface area contributed by atoms with Crippen molar-refractivity contribution < 1.29 is 13.2 Å². The molecule has 106 valence electrons. The molecule has 0 spiro atoms. The lowest BCUT2D eigenvalue weighted by Gasteiger charge is -2.18. The first-order valence-electron chi connectivity index (χ1n) is 6.26. The SMILES string of the molecule is CN(C)S(=O)(=O)CCNC(=O)C1CCCC1CN. The molecule has 1 rings (SSSR count). The number of nitrogens with two attached hydrogens (primary N) is 1. The highest BCUT2D eigenvalue weighted by atomic mass is 32.2. The maximum atomic E-state index is 11.9. The molecule has 0 radical (unpaired) electrons. The van der Waals surface area contributed by atoms with Crippen molar-refractivity contribution in [3.8, 4) is 0 Å². The largest absolute Gasteiger partial charge is 0.355 e. The Morgan fingerprint density at radius 3 is 2.61 bits per heavy atom. The van der Waals surface area contributed by atoms with Gasteiger partial charge in [-0.2, -0.15) is 0 Å². The molecule has 1 fully saturated rings. The summed E-state index contributed by atoms with van der Waals surface area (Å²) < 4.78 is 24.2. The summed E-state index contributed by atoms with van der Waals surface area (Å²) in [6.45, 7) is 0.682. The van der Waals surface area contributed by atoms with E-state index >= 15 is 0 Å². The van der Waals surface area contributed by atoms with Gasteiger partial charge in [-0.25, -0.2) is 12.7 Å². The van der Waals surface area contributed by atoms with Crippen LogP contribution in [0.2, 0.25) is 0 Å². The van der Waals surface area contributed by atoms with Gasteiger partial charge in [0, 0.05) is 26.6 Å². The van der Waals surface area contributed by atoms with Crippen molar-refractivity contribution in [3.05, 3.63) is 0 Å². The van der Waals surface area contributed by atoms with Crippen LogP contribution in [0.15, 0.2) is 0 Å². The molecule has 0 aromatic carbocycles. The molecule has 0 aliphatic heterocycles. The Kier molecular flexibility index (Phi) is 5.55. The molecule has 7 heteroatoms. The molecule has 3 N–H and O–H groups in total. The lowest BCUT2D eigenvalue weighted by Crippen LogP contribution is -2.39. The summed E-state index contributed by atoms with van der Waals surface area (Å²) in [5, 5.41) is 2.70. The molecule has 1 aliphatic carbocycles. The topological polar surface area (TPSA) is 92.5 Å². The summed E-state index contributed by atoms with van der Waals surface area (Å²) in [7, 11) is -0.273. The minimum absolute atomic E-state index is 0.0444. The molecule has 0 aromatic rings. The second kappa shape index (κ2) is 6.49. The molecule has 6 nitrogen and oxygen atoms in total. The number of rotatable bonds is 6. The van der Waals surface area contributed by atoms with Gasteiger partial charge in [0.1, 0.15) is 0 Å². The summed E-state index contributed by atoms with van der Waals surface area (Å²) >= 11 is 0. The highest BCUT2D eigenvalue weighted by molar-refractivity contribution is 7.89. The molecule has 18 heavy (non-hydrogen) atoms. The van der Waals surface area contributed by atoms with E-state index in [2.05, 4.69) is 5.32 Å². The lowest BCUT2D eigenvalue weighted by atomic mass is 9.95. The third-order valence-electron chi connectivity index (χ3n) is 3.51. The smallest absolute Gasteiger partial charge is 0.223 e. The van der Waals surface area contributed by atoms with Crippen molar-refractivity contribution >= 4 is 15.9 Å². The molecule has 2 unspecified atom stereocenters. The van der Waals surface area contributed by atoms with Crippen LogP contribution in [-0.2, 0) is 14.8 Å². The molecular formula is C11H23N3O3S. The number of hydrogen-bond donors (Lipinski definition) is 2. The van der Waals surface area contributed by atoms with Gasteiger partial charge in [-0.1, -0.05) is 6.42 Å². The average molecular weight is 277 g/mol. The Morgan fingerprint density at radius 2 is 2.06 bits per heavy atom. The summed E-state index contributed by atoms with van der Waals surface area (Å²) in [6.07, 6.45) is 2.87. The van der Waals surface area contributed by atoms with Crippen molar-refractivity contribution in [2.75, 3.05) is 32.9 Å². The Hall–Kier alpha value is -0.660. The fraction of sp³-hybridized carbons (Fsp3) is 0.909. The van der Waals surface area contributed by atoms with Gasteiger partial charge in [0.2, 0.25) is 15.9 Å². The third kappa shape index (κ3) is 3.93. The van der Waals surface area contributed by atoms with Crippen LogP contribution in [0, 0.1) is 11.8 Å². The maximum absolute atomic E-state index is 11.9. The van der Waals surface area contributed by atoms with Gasteiger partial charge >= 0.3 is 0 Å². The number of amides is 1. The quantitative estimate of drug-likeness (QED) is 0.676. The van der Waals surface area contributed by atoms with Crippen LogP contribution in [0.5, 0.6) is 0 Å². The first-order valence-corrected chi connectivity index (χ1v) is 7.87. The monoisotopic (exact) mass is 277 g/mol. The van der Waals surface area contributed by atoms with Crippen LogP contribution in [0.25, 0.3) is 0 Å². The zero-order chi connectivity index (χ0) is 13.8. The number of carbonyl (C=O) groups is 1. The first kappa shape index (κ1) is 15.4. The third-order valence-corrected chi connectivity index (χ3v) is 5.35. The van der Waals surface area contributed by atoms with Crippen LogP contribution >= 0.6 is 0 Å². The van der Waals surface area contributed by atoms with Crippen molar-refractivity contribution in [1.29, 1.82) is 0 Å². The van der Waals surface area contributed by atoms with Crippen LogP contribution < -0.4 is 11.1 Å². The highest BCUT2D eigenvalue weighted by Gasteiger charge is 2.31. The zero-order valence-corrected chi connectivity index (χ0v) is 11.9. The lowest BCUT2D eigenvalue weighted by molar-refractivity contribution is -0.125. The Bertz CT molecular complexity index is 381. The van der Waals surface area contributed by atoms with Crippen LogP contribution in [-0.4, -0.2) is 51.6 Å². The number of nitrogens with zero attached hydrogens (tertiary/aromatic N) is 1. The van der Waals surface area contributed by atoms with Gasteiger partial charge in [-0.3, -0.25) is 4.79 Å². The van der Waals surface area contributed by atoms with E-state index in [-0.39, 0.29) is 30.0 Å². The van der Waals surface area contributed by atoms with Crippen LogP contribution in [0.4, 0.5) is 0 Å². The average Bonchev–Trinajstić information content (AvgIpc) is 2.76. The Labute approximate surface area is 109 Å². The fourth-order valence-electron chi connectivity index (χ4n) is 2.28. The normalized spacial score (nSPS) is 24.4. The van der Waals surface area contributed by atoms with Gasteiger partial charge < -0.3 is 11.1 Å². The molecule has 0 saturated heterocycles. The molecule has 0 heterocycles. The van der Waals surface area contributed by atoms with Gasteiger partial charge in [-0.15, -0.1) is 0 Å². The van der Waals surface area contributed by atoms with E-state index < -0.39 is 10.0 Å². The van der Waals surface area contributed by atoms with Crippen molar-refractivity contribution in [2.24, 2.45) is 17.6 Å². The second-order valence-corrected chi connectivity index (χ2v) is 7.22. The Morgan fingerprint density at radius 1 is 1.39 bits per heavy atom. The maximum Gasteiger partial charge on any atom is 0.223 e. The van der Waals surface area contributed by atoms with Crippen LogP contribution in [0.3, 0.4) is 0 Å². The summed E-state index contributed by atoms with van der Waals surface area (Å²) in [5.74, 6) is 0.0792. The molecule has 0 aromatic heterocycles. The number of hydrogen-bond acceptors (Lipinski definition) is 4. The fourth-order valence-corrected chi connectivity index (χ4v) is 3.01. The molecule has 0 bridgehead atoms. The zero-order valence-electron chi connectivity index (χ0n) is 11.1. The highest BCUT2D eigenvalue weighted by Crippen LogP contribution is 2.30. The van der Waals surface area contributed by atoms with Gasteiger partial charge in [0.05, 0.1) is 5.75 Å². The van der Waals surface area contributed by atoms with E-state index in [0.29, 0.717) is 6.54 Å². The van der Waals surface area contributed by atoms with E-state index in [9.17, 15) is 13.2 Å². The van der Waals surface area contributed by atoms with Crippen LogP contribution in [0.1, 0.15) is 19.3 Å². The van der Waals surface area contributed by atoms with Crippen molar-refractivity contribution in [3.63, 3.8) is 0 Å². The van der Waals surface area contributed by atoms with Gasteiger partial charge in [0.25, 0.3) is 0 Å². The predicted molar refractivity (Wildman–Crippen MR) is 70.4 cm³/mol. The van der Waals surface area contributed by atoms with E-state index in [1.165, 1.54) is 14.1 Å². The van der Waals surface area contributed by atoms with Gasteiger partial charge in [-0.05, 0) is 25.3 Å². The summed E-state index contributed by atoms with van der Waals surface area (Å²) in [4.78, 5) is 11.9. The molecule has 1 saturated carbocycles. The van der Waals surface area contributed by atoms with E-state index in [1.807, 2.05) is 0 Å². The molecule has 1 aliphatic rings. The minimum atomic E-state index is -3.24. The first-order chi connectivity index (χ1) is 8.38. The number of carbonyl (C=O) groups excluding carboxylic acids is 1. The predicted octanol–water partition coefficient (Wildman–Crippen LogP) is -0.631. The standard InChI is InChI=1S/C11H23N3O3S/c1-14(2)18(16,17)7-6-13-11(15)10-5-3-4-9(10)8-12/h9-10H,3-8,12H2,1-2H3,(H,13,15). The number of sulfonamides is 1. The summed E-state index contributed by atoms with van der Waals surface area (Å²) in [6, 6.07) is 0. The number of nitrogens with one attached hydrogen (secondary N) is 1. The van der Waals surface area contributed by atoms with E-state index in [1.54, 1.807) is 0 Å². The summed E-state index contributed by atoms with van der Waals surface area (Å²) in [5.41, 5.74) is 5.62. The van der Waals surface area contributed by atoms with Crippen molar-refractivity contribution in [1.82, 2.24) is 9.62 Å². The molecular weight excluding hydrogens is 254 g/mol. The molecule has 2 atom stereocenters. The van der Waals surface area contributed by atoms with E-state index in [4.69, 9.17) is 5.73 Å². The van der Waals surface area contributed by atoms with E-state index in [0.717, 1.165) is 23.6 Å². The van der Waals surface area contributed by atoms with Crippen molar-refractivity contribution in [2.45, 2.75) is 19.3 Å². The Balaban J connectivity index is 2.38.